The van der Waals surface area contributed by atoms with Crippen LogP contribution in [0.2, 0.25) is 0 Å². The molecule has 0 aromatic heterocycles. The molecule has 2 atom stereocenters. The monoisotopic (exact) mass is 417 g/mol. The van der Waals surface area contributed by atoms with Crippen molar-refractivity contribution in [2.75, 3.05) is 58.9 Å². The van der Waals surface area contributed by atoms with Crippen LogP contribution in [0.5, 0.6) is 11.5 Å². The third kappa shape index (κ3) is 5.94. The number of hydrogen-bond acceptors (Lipinski definition) is 5. The van der Waals surface area contributed by atoms with Gasteiger partial charge in [-0.2, -0.15) is 0 Å². The highest BCUT2D eigenvalue weighted by Gasteiger charge is 2.25. The summed E-state index contributed by atoms with van der Waals surface area (Å²) in [6.07, 6.45) is 3.69. The van der Waals surface area contributed by atoms with Crippen LogP contribution in [0.1, 0.15) is 33.1 Å². The number of nitrogens with one attached hydrogen (secondary N) is 2. The number of likely N-dealkylation sites (tertiary alicyclic amines) is 1. The predicted molar refractivity (Wildman–Crippen MR) is 124 cm³/mol. The third-order valence-electron chi connectivity index (χ3n) is 6.46. The van der Waals surface area contributed by atoms with Gasteiger partial charge in [-0.3, -0.25) is 9.89 Å². The van der Waals surface area contributed by atoms with E-state index in [-0.39, 0.29) is 0 Å². The normalized spacial score (nSPS) is 22.1. The van der Waals surface area contributed by atoms with Crippen molar-refractivity contribution in [3.8, 4) is 11.5 Å². The molecular weight excluding hydrogens is 378 g/mol. The van der Waals surface area contributed by atoms with Crippen molar-refractivity contribution in [1.82, 2.24) is 15.5 Å². The van der Waals surface area contributed by atoms with E-state index >= 15 is 0 Å². The molecule has 2 unspecified atom stereocenters. The molecule has 0 saturated carbocycles. The van der Waals surface area contributed by atoms with Crippen LogP contribution in [0, 0.1) is 5.92 Å². The Hall–Kier alpha value is -2.15. The molecule has 30 heavy (non-hydrogen) atoms. The van der Waals surface area contributed by atoms with Gasteiger partial charge in [-0.05, 0) is 45.2 Å². The van der Waals surface area contributed by atoms with Crippen molar-refractivity contribution in [2.24, 2.45) is 10.9 Å². The molecular formula is C23H39N5O2. The minimum absolute atomic E-state index is 0.361. The second-order valence-corrected chi connectivity index (χ2v) is 8.67. The van der Waals surface area contributed by atoms with Crippen molar-refractivity contribution in [1.29, 1.82) is 0 Å². The van der Waals surface area contributed by atoms with Crippen LogP contribution in [-0.2, 0) is 0 Å². The zero-order valence-corrected chi connectivity index (χ0v) is 19.3. The van der Waals surface area contributed by atoms with E-state index in [0.29, 0.717) is 12.1 Å². The van der Waals surface area contributed by atoms with Crippen LogP contribution >= 0.6 is 0 Å². The van der Waals surface area contributed by atoms with Crippen LogP contribution in [0.25, 0.3) is 0 Å². The molecule has 3 rings (SSSR count). The number of anilines is 1. The first kappa shape index (κ1) is 22.5. The summed E-state index contributed by atoms with van der Waals surface area (Å²) in [5.74, 6) is 3.40. The summed E-state index contributed by atoms with van der Waals surface area (Å²) in [7, 11) is 5.23. The van der Waals surface area contributed by atoms with E-state index in [1.54, 1.807) is 14.2 Å². The topological polar surface area (TPSA) is 61.4 Å². The summed E-state index contributed by atoms with van der Waals surface area (Å²) in [5.41, 5.74) is 1.13. The molecule has 2 aliphatic rings. The molecule has 1 aromatic rings. The molecule has 7 nitrogen and oxygen atoms in total. The van der Waals surface area contributed by atoms with Gasteiger partial charge in [0.25, 0.3) is 0 Å². The van der Waals surface area contributed by atoms with E-state index in [2.05, 4.69) is 51.4 Å². The molecule has 1 aromatic carbocycles. The van der Waals surface area contributed by atoms with E-state index in [9.17, 15) is 0 Å². The van der Waals surface area contributed by atoms with Crippen molar-refractivity contribution < 1.29 is 9.47 Å². The lowest BCUT2D eigenvalue weighted by molar-refractivity contribution is 0.147. The maximum atomic E-state index is 5.42. The molecule has 0 radical (unpaired) electrons. The first-order chi connectivity index (χ1) is 14.5. The number of nitrogens with zero attached hydrogens (tertiary/aromatic N) is 3. The summed E-state index contributed by atoms with van der Waals surface area (Å²) in [4.78, 5) is 9.41. The molecule has 2 heterocycles. The van der Waals surface area contributed by atoms with E-state index in [4.69, 9.17) is 9.47 Å². The van der Waals surface area contributed by atoms with Crippen molar-refractivity contribution >= 4 is 11.6 Å². The zero-order valence-electron chi connectivity index (χ0n) is 19.3. The molecule has 168 valence electrons. The molecule has 0 bridgehead atoms. The minimum atomic E-state index is 0.361. The number of benzene rings is 1. The van der Waals surface area contributed by atoms with Crippen LogP contribution in [0.15, 0.2) is 23.2 Å². The molecule has 7 heteroatoms. The highest BCUT2D eigenvalue weighted by Crippen LogP contribution is 2.30. The largest absolute Gasteiger partial charge is 0.497 e. The first-order valence-corrected chi connectivity index (χ1v) is 11.2. The van der Waals surface area contributed by atoms with Crippen LogP contribution in [-0.4, -0.2) is 76.9 Å². The number of ether oxygens (including phenoxy) is 2. The number of piperidine rings is 1. The Morgan fingerprint density at radius 3 is 2.37 bits per heavy atom. The van der Waals surface area contributed by atoms with E-state index in [0.717, 1.165) is 55.1 Å². The molecule has 0 aliphatic carbocycles. The van der Waals surface area contributed by atoms with Crippen molar-refractivity contribution in [3.05, 3.63) is 18.2 Å². The first-order valence-electron chi connectivity index (χ1n) is 11.2. The summed E-state index contributed by atoms with van der Waals surface area (Å²) >= 11 is 0. The Labute approximate surface area is 181 Å². The van der Waals surface area contributed by atoms with Crippen LogP contribution in [0.3, 0.4) is 0 Å². The van der Waals surface area contributed by atoms with Gasteiger partial charge < -0.3 is 25.0 Å². The van der Waals surface area contributed by atoms with Crippen LogP contribution < -0.4 is 25.0 Å². The fraction of sp³-hybridized carbons (Fsp3) is 0.696. The lowest BCUT2D eigenvalue weighted by Gasteiger charge is -2.35. The van der Waals surface area contributed by atoms with Gasteiger partial charge in [0.15, 0.2) is 5.96 Å². The van der Waals surface area contributed by atoms with E-state index < -0.39 is 0 Å². The fourth-order valence-electron chi connectivity index (χ4n) is 4.32. The quantitative estimate of drug-likeness (QED) is 0.525. The molecule has 0 amide bonds. The summed E-state index contributed by atoms with van der Waals surface area (Å²) in [6, 6.07) is 6.92. The summed E-state index contributed by atoms with van der Waals surface area (Å²) in [6.45, 7) is 9.92. The van der Waals surface area contributed by atoms with Gasteiger partial charge in [0.05, 0.1) is 14.2 Å². The van der Waals surface area contributed by atoms with E-state index in [1.165, 1.54) is 25.9 Å². The Morgan fingerprint density at radius 1 is 1.10 bits per heavy atom. The Kier molecular flexibility index (Phi) is 8.08. The Balaban J connectivity index is 1.49. The number of aliphatic imine (C=N–C) groups is 1. The van der Waals surface area contributed by atoms with Gasteiger partial charge in [0.1, 0.15) is 11.5 Å². The van der Waals surface area contributed by atoms with Crippen molar-refractivity contribution in [2.45, 2.75) is 45.2 Å². The Morgan fingerprint density at radius 2 is 1.77 bits per heavy atom. The second-order valence-electron chi connectivity index (χ2n) is 8.67. The molecule has 2 aliphatic heterocycles. The summed E-state index contributed by atoms with van der Waals surface area (Å²) in [5, 5.41) is 7.14. The molecule has 2 saturated heterocycles. The third-order valence-corrected chi connectivity index (χ3v) is 6.46. The fourth-order valence-corrected chi connectivity index (χ4v) is 4.32. The Bertz CT molecular complexity index is 681. The van der Waals surface area contributed by atoms with Crippen molar-refractivity contribution in [3.63, 3.8) is 0 Å². The highest BCUT2D eigenvalue weighted by molar-refractivity contribution is 5.80. The maximum absolute atomic E-state index is 5.42. The average Bonchev–Trinajstić information content (AvgIpc) is 3.25. The summed E-state index contributed by atoms with van der Waals surface area (Å²) < 4.78 is 10.8. The van der Waals surface area contributed by atoms with Gasteiger partial charge in [-0.15, -0.1) is 0 Å². The smallest absolute Gasteiger partial charge is 0.191 e. The standard InChI is InChI=1S/C23H39N5O2/c1-17-6-9-27(10-7-17)18(2)15-25-23(24-3)26-19-8-11-28(16-19)20-12-21(29-4)14-22(13-20)30-5/h12-14,17-19H,6-11,15-16H2,1-5H3,(H2,24,25,26). The predicted octanol–water partition coefficient (Wildman–Crippen LogP) is 2.57. The van der Waals surface area contributed by atoms with Gasteiger partial charge >= 0.3 is 0 Å². The zero-order chi connectivity index (χ0) is 21.5. The number of rotatable bonds is 7. The second kappa shape index (κ2) is 10.8. The molecule has 2 fully saturated rings. The van der Waals surface area contributed by atoms with Gasteiger partial charge in [-0.25, -0.2) is 0 Å². The van der Waals surface area contributed by atoms with E-state index in [1.807, 2.05) is 13.1 Å². The average molecular weight is 418 g/mol. The maximum Gasteiger partial charge on any atom is 0.191 e. The molecule has 2 N–H and O–H groups in total. The number of hydrogen-bond donors (Lipinski definition) is 2. The minimum Gasteiger partial charge on any atom is -0.497 e. The lowest BCUT2D eigenvalue weighted by atomic mass is 9.98. The van der Waals surface area contributed by atoms with Gasteiger partial charge in [-0.1, -0.05) is 6.92 Å². The van der Waals surface area contributed by atoms with Gasteiger partial charge in [0.2, 0.25) is 0 Å². The number of guanidine groups is 1. The lowest BCUT2D eigenvalue weighted by Crippen LogP contribution is -2.50. The number of methoxy groups -OCH3 is 2. The van der Waals surface area contributed by atoms with Gasteiger partial charge in [0, 0.05) is 62.7 Å². The molecule has 0 spiro atoms. The SMILES string of the molecule is CN=C(NCC(C)N1CCC(C)CC1)NC1CCN(c2cc(OC)cc(OC)c2)C1. The van der Waals surface area contributed by atoms with Crippen LogP contribution in [0.4, 0.5) is 5.69 Å². The highest BCUT2D eigenvalue weighted by atomic mass is 16.5.